The van der Waals surface area contributed by atoms with E-state index in [1.807, 2.05) is 36.4 Å². The lowest BCUT2D eigenvalue weighted by Gasteiger charge is -2.06. The number of rotatable bonds is 2. The minimum absolute atomic E-state index is 0.0168. The molecular weight excluding hydrogens is 212 g/mol. The Kier molecular flexibility index (Phi) is 2.37. The van der Waals surface area contributed by atoms with E-state index in [9.17, 15) is 4.79 Å². The Morgan fingerprint density at radius 2 is 2.00 bits per heavy atom. The van der Waals surface area contributed by atoms with E-state index in [-0.39, 0.29) is 5.78 Å². The van der Waals surface area contributed by atoms with Crippen LogP contribution in [-0.4, -0.2) is 17.3 Å². The third-order valence-electron chi connectivity index (χ3n) is 2.98. The average molecular weight is 224 g/mol. The molecule has 2 aromatic rings. The van der Waals surface area contributed by atoms with Crippen molar-refractivity contribution in [2.45, 2.75) is 6.42 Å². The van der Waals surface area contributed by atoms with Crippen LogP contribution in [0.1, 0.15) is 21.6 Å². The molecule has 2 heterocycles. The van der Waals surface area contributed by atoms with Crippen LogP contribution >= 0.6 is 0 Å². The zero-order chi connectivity index (χ0) is 11.7. The molecule has 1 N–H and O–H groups in total. The molecule has 3 rings (SSSR count). The van der Waals surface area contributed by atoms with Crippen LogP contribution < -0.4 is 5.32 Å². The maximum Gasteiger partial charge on any atom is 0.213 e. The summed E-state index contributed by atoms with van der Waals surface area (Å²) in [5.74, 6) is -0.0168. The van der Waals surface area contributed by atoms with Crippen LogP contribution in [0, 0.1) is 0 Å². The molecule has 0 radical (unpaired) electrons. The second kappa shape index (κ2) is 4.01. The van der Waals surface area contributed by atoms with Gasteiger partial charge in [0.25, 0.3) is 0 Å². The molecule has 1 aromatic heterocycles. The van der Waals surface area contributed by atoms with Crippen LogP contribution in [0.4, 0.5) is 5.69 Å². The van der Waals surface area contributed by atoms with Crippen LogP contribution in [0.25, 0.3) is 0 Å². The Balaban J connectivity index is 2.06. The molecule has 0 fully saturated rings. The smallest absolute Gasteiger partial charge is 0.213 e. The van der Waals surface area contributed by atoms with Crippen LogP contribution in [0.2, 0.25) is 0 Å². The summed E-state index contributed by atoms with van der Waals surface area (Å²) >= 11 is 0. The summed E-state index contributed by atoms with van der Waals surface area (Å²) in [4.78, 5) is 16.5. The summed E-state index contributed by atoms with van der Waals surface area (Å²) in [6.07, 6.45) is 2.68. The quantitative estimate of drug-likeness (QED) is 0.796. The van der Waals surface area contributed by atoms with E-state index in [1.54, 1.807) is 6.20 Å². The van der Waals surface area contributed by atoms with Gasteiger partial charge in [-0.3, -0.25) is 9.78 Å². The molecule has 17 heavy (non-hydrogen) atoms. The standard InChI is InChI=1S/C14H12N2O/c17-14(11-4-2-1-3-5-11)13-12-10(6-8-15-12)7-9-16-13/h1-5,7,9,15H,6,8H2. The van der Waals surface area contributed by atoms with E-state index in [1.165, 1.54) is 5.56 Å². The Labute approximate surface area is 99.5 Å². The molecule has 0 atom stereocenters. The van der Waals surface area contributed by atoms with Gasteiger partial charge in [-0.05, 0) is 18.1 Å². The molecule has 0 aliphatic carbocycles. The molecule has 0 bridgehead atoms. The highest BCUT2D eigenvalue weighted by atomic mass is 16.1. The lowest BCUT2D eigenvalue weighted by molar-refractivity contribution is 0.103. The van der Waals surface area contributed by atoms with E-state index < -0.39 is 0 Å². The monoisotopic (exact) mass is 224 g/mol. The highest BCUT2D eigenvalue weighted by Crippen LogP contribution is 2.26. The van der Waals surface area contributed by atoms with E-state index >= 15 is 0 Å². The molecule has 1 aromatic carbocycles. The molecule has 1 aliphatic heterocycles. The molecule has 84 valence electrons. The number of benzene rings is 1. The lowest BCUT2D eigenvalue weighted by Crippen LogP contribution is -2.07. The highest BCUT2D eigenvalue weighted by molar-refractivity contribution is 6.11. The first-order valence-electron chi connectivity index (χ1n) is 5.68. The first-order valence-corrected chi connectivity index (χ1v) is 5.68. The van der Waals surface area contributed by atoms with Gasteiger partial charge in [-0.1, -0.05) is 30.3 Å². The van der Waals surface area contributed by atoms with Gasteiger partial charge in [0.1, 0.15) is 5.69 Å². The molecule has 3 heteroatoms. The summed E-state index contributed by atoms with van der Waals surface area (Å²) in [5, 5.41) is 3.24. The average Bonchev–Trinajstić information content (AvgIpc) is 2.87. The van der Waals surface area contributed by atoms with Crippen molar-refractivity contribution < 1.29 is 4.79 Å². The van der Waals surface area contributed by atoms with Crippen molar-refractivity contribution in [3.8, 4) is 0 Å². The number of hydrogen-bond donors (Lipinski definition) is 1. The minimum atomic E-state index is -0.0168. The highest BCUT2D eigenvalue weighted by Gasteiger charge is 2.20. The molecule has 0 unspecified atom stereocenters. The van der Waals surface area contributed by atoms with Gasteiger partial charge < -0.3 is 5.32 Å². The number of ketones is 1. The number of carbonyl (C=O) groups is 1. The van der Waals surface area contributed by atoms with Gasteiger partial charge >= 0.3 is 0 Å². The van der Waals surface area contributed by atoms with Crippen molar-refractivity contribution in [1.82, 2.24) is 4.98 Å². The maximum atomic E-state index is 12.3. The third kappa shape index (κ3) is 1.69. The summed E-state index contributed by atoms with van der Waals surface area (Å²) in [7, 11) is 0. The van der Waals surface area contributed by atoms with Gasteiger partial charge in [-0.15, -0.1) is 0 Å². The van der Waals surface area contributed by atoms with Crippen molar-refractivity contribution in [2.75, 3.05) is 11.9 Å². The number of carbonyl (C=O) groups excluding carboxylic acids is 1. The number of aromatic nitrogens is 1. The summed E-state index contributed by atoms with van der Waals surface area (Å²) in [6.45, 7) is 0.885. The molecule has 0 saturated carbocycles. The third-order valence-corrected chi connectivity index (χ3v) is 2.98. The Bertz CT molecular complexity index is 564. The molecular formula is C14H12N2O. The van der Waals surface area contributed by atoms with Crippen LogP contribution in [0.3, 0.4) is 0 Å². The zero-order valence-corrected chi connectivity index (χ0v) is 9.31. The fraction of sp³-hybridized carbons (Fsp3) is 0.143. The van der Waals surface area contributed by atoms with Crippen molar-refractivity contribution >= 4 is 11.5 Å². The second-order valence-electron chi connectivity index (χ2n) is 4.07. The van der Waals surface area contributed by atoms with E-state index in [0.29, 0.717) is 11.3 Å². The Morgan fingerprint density at radius 3 is 2.82 bits per heavy atom. The molecule has 0 spiro atoms. The Morgan fingerprint density at radius 1 is 1.18 bits per heavy atom. The Hall–Kier alpha value is -2.16. The number of nitrogens with zero attached hydrogens (tertiary/aromatic N) is 1. The fourth-order valence-corrected chi connectivity index (χ4v) is 2.13. The van der Waals surface area contributed by atoms with E-state index in [4.69, 9.17) is 0 Å². The van der Waals surface area contributed by atoms with Gasteiger partial charge in [-0.25, -0.2) is 0 Å². The fourth-order valence-electron chi connectivity index (χ4n) is 2.13. The summed E-state index contributed by atoms with van der Waals surface area (Å²) in [5.41, 5.74) is 3.30. The molecule has 0 amide bonds. The van der Waals surface area contributed by atoms with Crippen LogP contribution in [0.15, 0.2) is 42.6 Å². The van der Waals surface area contributed by atoms with Crippen molar-refractivity contribution in [3.05, 3.63) is 59.4 Å². The van der Waals surface area contributed by atoms with Gasteiger partial charge in [0, 0.05) is 18.3 Å². The van der Waals surface area contributed by atoms with Crippen molar-refractivity contribution in [3.63, 3.8) is 0 Å². The molecule has 3 nitrogen and oxygen atoms in total. The van der Waals surface area contributed by atoms with Gasteiger partial charge in [0.2, 0.25) is 5.78 Å². The lowest BCUT2D eigenvalue weighted by atomic mass is 10.0. The SMILES string of the molecule is O=C(c1ccccc1)c1nccc2c1NCC2. The minimum Gasteiger partial charge on any atom is -0.383 e. The van der Waals surface area contributed by atoms with Crippen molar-refractivity contribution in [1.29, 1.82) is 0 Å². The van der Waals surface area contributed by atoms with Crippen molar-refractivity contribution in [2.24, 2.45) is 0 Å². The number of anilines is 1. The first kappa shape index (κ1) is 10.0. The summed E-state index contributed by atoms with van der Waals surface area (Å²) < 4.78 is 0. The van der Waals surface area contributed by atoms with Gasteiger partial charge in [0.05, 0.1) is 5.69 Å². The van der Waals surface area contributed by atoms with E-state index in [0.717, 1.165) is 18.7 Å². The normalized spacial score (nSPS) is 12.9. The predicted octanol–water partition coefficient (Wildman–Crippen LogP) is 2.28. The number of fused-ring (bicyclic) bond motifs is 1. The first-order chi connectivity index (χ1) is 8.36. The van der Waals surface area contributed by atoms with Gasteiger partial charge in [0.15, 0.2) is 0 Å². The number of pyridine rings is 1. The molecule has 0 saturated heterocycles. The number of hydrogen-bond acceptors (Lipinski definition) is 3. The van der Waals surface area contributed by atoms with E-state index in [2.05, 4.69) is 10.3 Å². The van der Waals surface area contributed by atoms with Crippen LogP contribution in [-0.2, 0) is 6.42 Å². The van der Waals surface area contributed by atoms with Crippen LogP contribution in [0.5, 0.6) is 0 Å². The topological polar surface area (TPSA) is 42.0 Å². The maximum absolute atomic E-state index is 12.3. The summed E-state index contributed by atoms with van der Waals surface area (Å²) in [6, 6.07) is 11.2. The van der Waals surface area contributed by atoms with Gasteiger partial charge in [-0.2, -0.15) is 0 Å². The zero-order valence-electron chi connectivity index (χ0n) is 9.31. The largest absolute Gasteiger partial charge is 0.383 e. The second-order valence-corrected chi connectivity index (χ2v) is 4.07. The molecule has 1 aliphatic rings. The predicted molar refractivity (Wildman–Crippen MR) is 66.3 cm³/mol. The number of nitrogens with one attached hydrogen (secondary N) is 1.